The molecule has 2 heterocycles. The topological polar surface area (TPSA) is 47.2 Å². The lowest BCUT2D eigenvalue weighted by Crippen LogP contribution is -2.27. The van der Waals surface area contributed by atoms with Gasteiger partial charge in [-0.25, -0.2) is 4.39 Å². The quantitative estimate of drug-likeness (QED) is 0.801. The Bertz CT molecular complexity index is 789. The zero-order valence-corrected chi connectivity index (χ0v) is 11.6. The number of hydrogen-bond acceptors (Lipinski definition) is 2. The van der Waals surface area contributed by atoms with Gasteiger partial charge >= 0.3 is 0 Å². The van der Waals surface area contributed by atoms with Crippen molar-refractivity contribution < 1.29 is 13.6 Å². The Kier molecular flexibility index (Phi) is 3.48. The summed E-state index contributed by atoms with van der Waals surface area (Å²) in [6, 6.07) is 10.1. The lowest BCUT2D eigenvalue weighted by molar-refractivity contribution is 0.0946. The number of aryl methyl sites for hydroxylation is 1. The molecule has 2 aromatic heterocycles. The average molecular weight is 286 g/mol. The van der Waals surface area contributed by atoms with Gasteiger partial charge in [0.25, 0.3) is 5.91 Å². The standard InChI is InChI=1S/C16H15FN2O2/c1-19-13-7-9-21-15(13)10-14(19)16(20)18-8-6-11-4-2-3-5-12(11)17/h2-5,7,9-10H,6,8H2,1H3,(H,18,20). The molecule has 1 aromatic carbocycles. The zero-order chi connectivity index (χ0) is 14.8. The first-order valence-corrected chi connectivity index (χ1v) is 6.71. The Morgan fingerprint density at radius 1 is 1.33 bits per heavy atom. The molecule has 4 nitrogen and oxygen atoms in total. The fourth-order valence-electron chi connectivity index (χ4n) is 2.37. The molecule has 1 amide bonds. The molecule has 0 radical (unpaired) electrons. The molecule has 0 saturated carbocycles. The molecule has 3 rings (SSSR count). The van der Waals surface area contributed by atoms with Gasteiger partial charge in [-0.05, 0) is 18.1 Å². The minimum absolute atomic E-state index is 0.194. The van der Waals surface area contributed by atoms with Crippen molar-refractivity contribution in [2.45, 2.75) is 6.42 Å². The van der Waals surface area contributed by atoms with Gasteiger partial charge in [-0.3, -0.25) is 4.79 Å². The van der Waals surface area contributed by atoms with E-state index < -0.39 is 0 Å². The molecule has 5 heteroatoms. The fourth-order valence-corrected chi connectivity index (χ4v) is 2.37. The first-order valence-electron chi connectivity index (χ1n) is 6.71. The number of furan rings is 1. The average Bonchev–Trinajstić information content (AvgIpc) is 3.04. The molecule has 0 aliphatic rings. The number of carbonyl (C=O) groups is 1. The summed E-state index contributed by atoms with van der Waals surface area (Å²) >= 11 is 0. The summed E-state index contributed by atoms with van der Waals surface area (Å²) < 4.78 is 20.5. The summed E-state index contributed by atoms with van der Waals surface area (Å²) in [7, 11) is 1.81. The summed E-state index contributed by atoms with van der Waals surface area (Å²) in [6.07, 6.45) is 2.05. The Morgan fingerprint density at radius 2 is 2.14 bits per heavy atom. The van der Waals surface area contributed by atoms with Gasteiger partial charge in [0.05, 0.1) is 11.8 Å². The van der Waals surface area contributed by atoms with E-state index in [0.29, 0.717) is 29.8 Å². The van der Waals surface area contributed by atoms with Gasteiger partial charge < -0.3 is 14.3 Å². The van der Waals surface area contributed by atoms with Crippen LogP contribution in [0.3, 0.4) is 0 Å². The van der Waals surface area contributed by atoms with E-state index >= 15 is 0 Å². The summed E-state index contributed by atoms with van der Waals surface area (Å²) in [4.78, 5) is 12.1. The van der Waals surface area contributed by atoms with E-state index in [1.54, 1.807) is 35.1 Å². The number of halogens is 1. The lowest BCUT2D eigenvalue weighted by Gasteiger charge is -2.07. The zero-order valence-electron chi connectivity index (χ0n) is 11.6. The molecule has 0 unspecified atom stereocenters. The molecular weight excluding hydrogens is 271 g/mol. The number of carbonyl (C=O) groups excluding carboxylic acids is 1. The second-order valence-corrected chi connectivity index (χ2v) is 4.86. The van der Waals surface area contributed by atoms with Gasteiger partial charge in [-0.15, -0.1) is 0 Å². The van der Waals surface area contributed by atoms with Crippen molar-refractivity contribution in [2.75, 3.05) is 6.54 Å². The molecule has 108 valence electrons. The van der Waals surface area contributed by atoms with Gasteiger partial charge in [0.2, 0.25) is 0 Å². The highest BCUT2D eigenvalue weighted by molar-refractivity contribution is 5.97. The van der Waals surface area contributed by atoms with Crippen LogP contribution in [0.2, 0.25) is 0 Å². The van der Waals surface area contributed by atoms with E-state index in [2.05, 4.69) is 5.32 Å². The van der Waals surface area contributed by atoms with Crippen LogP contribution in [0, 0.1) is 5.82 Å². The number of fused-ring (bicyclic) bond motifs is 1. The predicted octanol–water partition coefficient (Wildman–Crippen LogP) is 2.88. The second kappa shape index (κ2) is 5.44. The molecule has 0 atom stereocenters. The Morgan fingerprint density at radius 3 is 2.90 bits per heavy atom. The number of nitrogens with zero attached hydrogens (tertiary/aromatic N) is 1. The van der Waals surface area contributed by atoms with Crippen molar-refractivity contribution in [3.05, 3.63) is 59.7 Å². The third-order valence-electron chi connectivity index (χ3n) is 3.53. The van der Waals surface area contributed by atoms with E-state index in [4.69, 9.17) is 4.42 Å². The van der Waals surface area contributed by atoms with Crippen LogP contribution in [0.4, 0.5) is 4.39 Å². The van der Waals surface area contributed by atoms with Crippen molar-refractivity contribution in [3.8, 4) is 0 Å². The minimum atomic E-state index is -0.247. The van der Waals surface area contributed by atoms with E-state index in [-0.39, 0.29) is 11.7 Å². The molecule has 0 bridgehead atoms. The normalized spacial score (nSPS) is 11.0. The predicted molar refractivity (Wildman–Crippen MR) is 77.6 cm³/mol. The molecule has 0 spiro atoms. The van der Waals surface area contributed by atoms with Crippen LogP contribution >= 0.6 is 0 Å². The van der Waals surface area contributed by atoms with E-state index in [9.17, 15) is 9.18 Å². The van der Waals surface area contributed by atoms with E-state index in [1.807, 2.05) is 13.1 Å². The number of aromatic nitrogens is 1. The Hall–Kier alpha value is -2.56. The summed E-state index contributed by atoms with van der Waals surface area (Å²) in [5.74, 6) is -0.441. The van der Waals surface area contributed by atoms with Crippen molar-refractivity contribution >= 4 is 17.0 Å². The number of hydrogen-bond donors (Lipinski definition) is 1. The van der Waals surface area contributed by atoms with Gasteiger partial charge in [0.15, 0.2) is 5.58 Å². The molecule has 0 aliphatic heterocycles. The lowest BCUT2D eigenvalue weighted by atomic mass is 10.1. The second-order valence-electron chi connectivity index (χ2n) is 4.86. The van der Waals surface area contributed by atoms with E-state index in [1.165, 1.54) is 6.07 Å². The highest BCUT2D eigenvalue weighted by Crippen LogP contribution is 2.19. The molecule has 0 fully saturated rings. The third-order valence-corrected chi connectivity index (χ3v) is 3.53. The number of benzene rings is 1. The van der Waals surface area contributed by atoms with Gasteiger partial charge in [0, 0.05) is 25.7 Å². The Labute approximate surface area is 121 Å². The van der Waals surface area contributed by atoms with Crippen molar-refractivity contribution in [1.82, 2.24) is 9.88 Å². The SMILES string of the molecule is Cn1c(C(=O)NCCc2ccccc2F)cc2occc21. The fraction of sp³-hybridized carbons (Fsp3) is 0.188. The van der Waals surface area contributed by atoms with Crippen molar-refractivity contribution in [2.24, 2.45) is 7.05 Å². The maximum Gasteiger partial charge on any atom is 0.268 e. The molecule has 21 heavy (non-hydrogen) atoms. The Balaban J connectivity index is 1.65. The highest BCUT2D eigenvalue weighted by Gasteiger charge is 2.14. The van der Waals surface area contributed by atoms with Crippen LogP contribution in [0.25, 0.3) is 11.1 Å². The van der Waals surface area contributed by atoms with Crippen LogP contribution in [0.15, 0.2) is 47.1 Å². The van der Waals surface area contributed by atoms with E-state index in [0.717, 1.165) is 5.52 Å². The van der Waals surface area contributed by atoms with Crippen LogP contribution in [0.1, 0.15) is 16.1 Å². The summed E-state index contributed by atoms with van der Waals surface area (Å²) in [5.41, 5.74) is 2.67. The largest absolute Gasteiger partial charge is 0.463 e. The molecule has 0 saturated heterocycles. The van der Waals surface area contributed by atoms with Crippen LogP contribution in [-0.2, 0) is 13.5 Å². The van der Waals surface area contributed by atoms with Crippen molar-refractivity contribution in [3.63, 3.8) is 0 Å². The first-order chi connectivity index (χ1) is 10.2. The summed E-state index contributed by atoms with van der Waals surface area (Å²) in [5, 5.41) is 2.80. The molecule has 1 N–H and O–H groups in total. The monoisotopic (exact) mass is 286 g/mol. The van der Waals surface area contributed by atoms with Crippen LogP contribution in [0.5, 0.6) is 0 Å². The van der Waals surface area contributed by atoms with Crippen molar-refractivity contribution in [1.29, 1.82) is 0 Å². The maximum atomic E-state index is 13.5. The number of amides is 1. The smallest absolute Gasteiger partial charge is 0.268 e. The maximum absolute atomic E-state index is 13.5. The molecular formula is C16H15FN2O2. The van der Waals surface area contributed by atoms with Gasteiger partial charge in [-0.1, -0.05) is 18.2 Å². The number of nitrogens with one attached hydrogen (secondary N) is 1. The van der Waals surface area contributed by atoms with Crippen LogP contribution in [-0.4, -0.2) is 17.0 Å². The van der Waals surface area contributed by atoms with Gasteiger partial charge in [-0.2, -0.15) is 0 Å². The first kappa shape index (κ1) is 13.4. The summed E-state index contributed by atoms with van der Waals surface area (Å²) in [6.45, 7) is 0.381. The molecule has 3 aromatic rings. The van der Waals surface area contributed by atoms with Gasteiger partial charge in [0.1, 0.15) is 11.5 Å². The third kappa shape index (κ3) is 2.54. The minimum Gasteiger partial charge on any atom is -0.463 e. The molecule has 0 aliphatic carbocycles. The number of rotatable bonds is 4. The van der Waals surface area contributed by atoms with Crippen LogP contribution < -0.4 is 5.32 Å². The highest BCUT2D eigenvalue weighted by atomic mass is 19.1.